The van der Waals surface area contributed by atoms with E-state index in [1.54, 1.807) is 0 Å². The van der Waals surface area contributed by atoms with Crippen LogP contribution in [0.15, 0.2) is 224 Å². The van der Waals surface area contributed by atoms with Crippen molar-refractivity contribution in [3.63, 3.8) is 0 Å². The molecule has 10 aromatic rings. The van der Waals surface area contributed by atoms with Gasteiger partial charge in [0.25, 0.3) is 0 Å². The first kappa shape index (κ1) is 37.8. The van der Waals surface area contributed by atoms with Gasteiger partial charge in [0.2, 0.25) is 0 Å². The molecular weight excluding hydrogens is 773 g/mol. The van der Waals surface area contributed by atoms with Gasteiger partial charge in [0.15, 0.2) is 5.82 Å². The molecule has 12 rings (SSSR count). The van der Waals surface area contributed by atoms with Gasteiger partial charge in [0, 0.05) is 22.6 Å². The molecule has 0 saturated carbocycles. The number of hydrogen-bond donors (Lipinski definition) is 0. The molecule has 0 saturated heterocycles. The van der Waals surface area contributed by atoms with Crippen LogP contribution in [0.4, 0.5) is 0 Å². The topological polar surface area (TPSA) is 25.8 Å². The summed E-state index contributed by atoms with van der Waals surface area (Å²) < 4.78 is 0. The summed E-state index contributed by atoms with van der Waals surface area (Å²) in [6, 6.07) is 82.5. The van der Waals surface area contributed by atoms with Gasteiger partial charge in [-0.1, -0.05) is 217 Å². The third kappa shape index (κ3) is 6.02. The van der Waals surface area contributed by atoms with Gasteiger partial charge in [0.05, 0.1) is 16.8 Å². The zero-order chi connectivity index (χ0) is 42.8. The van der Waals surface area contributed by atoms with Crippen molar-refractivity contribution in [3.05, 3.63) is 275 Å². The quantitative estimate of drug-likeness (QED) is 0.160. The SMILES string of the molecule is Cc1ccc(C2(c3ccc(C)cc3)c3cc(-c4ccc5c(c4)-c4ccccc4C5c4ccccc4)ccc3-c3c(-c4cc(-c5ccccc5)nc(-c5ccccc5)n4)cccc32)cc1. The molecule has 64 heavy (non-hydrogen) atoms. The summed E-state index contributed by atoms with van der Waals surface area (Å²) in [6.45, 7) is 4.35. The Hall–Kier alpha value is -7.94. The fraction of sp³-hybridized carbons (Fsp3) is 0.0645. The molecule has 0 bridgehead atoms. The van der Waals surface area contributed by atoms with E-state index in [9.17, 15) is 0 Å². The summed E-state index contributed by atoms with van der Waals surface area (Å²) in [5, 5.41) is 0. The van der Waals surface area contributed by atoms with Crippen molar-refractivity contribution in [2.45, 2.75) is 25.2 Å². The van der Waals surface area contributed by atoms with Gasteiger partial charge in [0.1, 0.15) is 0 Å². The lowest BCUT2D eigenvalue weighted by atomic mass is 9.67. The molecule has 1 unspecified atom stereocenters. The molecule has 1 aromatic heterocycles. The van der Waals surface area contributed by atoms with Crippen molar-refractivity contribution in [1.29, 1.82) is 0 Å². The summed E-state index contributed by atoms with van der Waals surface area (Å²) in [7, 11) is 0. The summed E-state index contributed by atoms with van der Waals surface area (Å²) in [4.78, 5) is 10.6. The maximum Gasteiger partial charge on any atom is 0.160 e. The Morgan fingerprint density at radius 2 is 0.922 bits per heavy atom. The average Bonchev–Trinajstić information content (AvgIpc) is 3.85. The highest BCUT2D eigenvalue weighted by atomic mass is 14.9. The largest absolute Gasteiger partial charge is 0.228 e. The van der Waals surface area contributed by atoms with Crippen molar-refractivity contribution in [2.24, 2.45) is 0 Å². The molecule has 1 atom stereocenters. The highest BCUT2D eigenvalue weighted by Gasteiger charge is 2.47. The van der Waals surface area contributed by atoms with Gasteiger partial charge in [-0.15, -0.1) is 0 Å². The molecule has 302 valence electrons. The maximum atomic E-state index is 5.40. The van der Waals surface area contributed by atoms with Crippen molar-refractivity contribution in [3.8, 4) is 67.3 Å². The van der Waals surface area contributed by atoms with Gasteiger partial charge in [-0.2, -0.15) is 0 Å². The molecule has 2 aliphatic rings. The summed E-state index contributed by atoms with van der Waals surface area (Å²) >= 11 is 0. The van der Waals surface area contributed by atoms with Crippen LogP contribution in [0.1, 0.15) is 56.0 Å². The molecule has 0 aliphatic heterocycles. The lowest BCUT2D eigenvalue weighted by molar-refractivity contribution is 0.768. The Morgan fingerprint density at radius 1 is 0.359 bits per heavy atom. The smallest absolute Gasteiger partial charge is 0.160 e. The number of aromatic nitrogens is 2. The predicted molar refractivity (Wildman–Crippen MR) is 263 cm³/mol. The third-order valence-corrected chi connectivity index (χ3v) is 13.6. The number of rotatable bonds is 7. The first-order valence-corrected chi connectivity index (χ1v) is 22.3. The average molecular weight is 817 g/mol. The van der Waals surface area contributed by atoms with E-state index in [0.29, 0.717) is 5.82 Å². The van der Waals surface area contributed by atoms with E-state index in [4.69, 9.17) is 9.97 Å². The predicted octanol–water partition coefficient (Wildman–Crippen LogP) is 15.3. The number of fused-ring (bicyclic) bond motifs is 6. The zero-order valence-electron chi connectivity index (χ0n) is 35.8. The zero-order valence-corrected chi connectivity index (χ0v) is 35.8. The Morgan fingerprint density at radius 3 is 1.62 bits per heavy atom. The summed E-state index contributed by atoms with van der Waals surface area (Å²) in [6.07, 6.45) is 0. The minimum absolute atomic E-state index is 0.205. The highest BCUT2D eigenvalue weighted by molar-refractivity contribution is 5.97. The minimum atomic E-state index is -0.614. The highest BCUT2D eigenvalue weighted by Crippen LogP contribution is 2.59. The number of hydrogen-bond acceptors (Lipinski definition) is 2. The van der Waals surface area contributed by atoms with Crippen LogP contribution >= 0.6 is 0 Å². The Bertz CT molecular complexity index is 3270. The molecule has 9 aromatic carbocycles. The number of aryl methyl sites for hydroxylation is 2. The van der Waals surface area contributed by atoms with Gasteiger partial charge < -0.3 is 0 Å². The molecule has 2 nitrogen and oxygen atoms in total. The van der Waals surface area contributed by atoms with Crippen LogP contribution < -0.4 is 0 Å². The standard InChI is InChI=1S/C62H44N2/c1-40-25-31-47(32-26-40)62(48-33-27-41(2)28-34-48)55-24-14-23-53(58-39-57(42-15-6-3-7-16-42)63-61(64-58)44-19-10-5-11-20-44)60(55)52-36-30-46(38-56(52)62)45-29-35-51-54(37-45)49-21-12-13-22-50(49)59(51)43-17-8-4-9-18-43/h3-39,59H,1-2H3. The molecule has 0 N–H and O–H groups in total. The fourth-order valence-corrected chi connectivity index (χ4v) is 10.6. The van der Waals surface area contributed by atoms with Gasteiger partial charge in [-0.05, 0) is 104 Å². The van der Waals surface area contributed by atoms with E-state index in [1.807, 2.05) is 6.07 Å². The summed E-state index contributed by atoms with van der Waals surface area (Å²) in [5.74, 6) is 0.913. The minimum Gasteiger partial charge on any atom is -0.228 e. The van der Waals surface area contributed by atoms with Gasteiger partial charge in [-0.3, -0.25) is 0 Å². The monoisotopic (exact) mass is 816 g/mol. The molecule has 2 aliphatic carbocycles. The third-order valence-electron chi connectivity index (χ3n) is 13.6. The van der Waals surface area contributed by atoms with Crippen LogP contribution in [0, 0.1) is 13.8 Å². The normalized spacial score (nSPS) is 14.1. The van der Waals surface area contributed by atoms with Crippen molar-refractivity contribution in [2.75, 3.05) is 0 Å². The molecule has 2 heteroatoms. The Kier molecular flexibility index (Phi) is 8.95. The van der Waals surface area contributed by atoms with Crippen LogP contribution in [-0.2, 0) is 5.41 Å². The van der Waals surface area contributed by atoms with Crippen LogP contribution in [0.3, 0.4) is 0 Å². The van der Waals surface area contributed by atoms with Crippen LogP contribution in [-0.4, -0.2) is 9.97 Å². The van der Waals surface area contributed by atoms with Gasteiger partial charge >= 0.3 is 0 Å². The van der Waals surface area contributed by atoms with E-state index in [0.717, 1.165) is 28.1 Å². The second-order valence-corrected chi connectivity index (χ2v) is 17.4. The lowest BCUT2D eigenvalue weighted by Gasteiger charge is -2.34. The van der Waals surface area contributed by atoms with Crippen LogP contribution in [0.5, 0.6) is 0 Å². The molecule has 0 amide bonds. The molecule has 0 spiro atoms. The van der Waals surface area contributed by atoms with Crippen molar-refractivity contribution < 1.29 is 0 Å². The van der Waals surface area contributed by atoms with Crippen molar-refractivity contribution in [1.82, 2.24) is 9.97 Å². The Balaban J connectivity index is 1.11. The second-order valence-electron chi connectivity index (χ2n) is 17.4. The maximum absolute atomic E-state index is 5.40. The van der Waals surface area contributed by atoms with Crippen LogP contribution in [0.25, 0.3) is 67.3 Å². The van der Waals surface area contributed by atoms with Crippen molar-refractivity contribution >= 4 is 0 Å². The second kappa shape index (κ2) is 15.1. The van der Waals surface area contributed by atoms with E-state index < -0.39 is 5.41 Å². The van der Waals surface area contributed by atoms with Gasteiger partial charge in [-0.25, -0.2) is 9.97 Å². The van der Waals surface area contributed by atoms with E-state index >= 15 is 0 Å². The number of nitrogens with zero attached hydrogens (tertiary/aromatic N) is 2. The summed E-state index contributed by atoms with van der Waals surface area (Å²) in [5.41, 5.74) is 23.3. The first-order chi connectivity index (χ1) is 31.5. The van der Waals surface area contributed by atoms with E-state index in [-0.39, 0.29) is 5.92 Å². The fourth-order valence-electron chi connectivity index (χ4n) is 10.6. The van der Waals surface area contributed by atoms with E-state index in [1.165, 1.54) is 83.5 Å². The molecule has 1 heterocycles. The molecular formula is C62H44N2. The van der Waals surface area contributed by atoms with Crippen LogP contribution in [0.2, 0.25) is 0 Å². The molecule has 0 fully saturated rings. The molecule has 0 radical (unpaired) electrons. The first-order valence-electron chi connectivity index (χ1n) is 22.3. The lowest BCUT2D eigenvalue weighted by Crippen LogP contribution is -2.28. The Labute approximate surface area is 375 Å². The number of benzene rings is 9. The van der Waals surface area contributed by atoms with E-state index in [2.05, 4.69) is 232 Å².